The number of H-pyrrole nitrogens is 1. The molecule has 0 fully saturated rings. The Bertz CT molecular complexity index is 817. The zero-order valence-electron chi connectivity index (χ0n) is 11.7. The van der Waals surface area contributed by atoms with Crippen LogP contribution in [-0.2, 0) is 6.18 Å². The summed E-state index contributed by atoms with van der Waals surface area (Å²) in [5.41, 5.74) is -1.22. The SMILES string of the molecule is COc1ccc(C(F)(F)F)cc1-c1cc(C)[nH]c(=O)c1C#N. The normalized spacial score (nSPS) is 11.1. The van der Waals surface area contributed by atoms with Gasteiger partial charge in [-0.2, -0.15) is 18.4 Å². The summed E-state index contributed by atoms with van der Waals surface area (Å²) in [6.45, 7) is 1.58. The van der Waals surface area contributed by atoms with Gasteiger partial charge in [-0.3, -0.25) is 4.79 Å². The lowest BCUT2D eigenvalue weighted by atomic mass is 9.98. The molecule has 0 atom stereocenters. The van der Waals surface area contributed by atoms with Gasteiger partial charge in [0, 0.05) is 16.8 Å². The van der Waals surface area contributed by atoms with E-state index in [0.29, 0.717) is 5.69 Å². The number of ether oxygens (including phenoxy) is 1. The van der Waals surface area contributed by atoms with Crippen molar-refractivity contribution in [3.63, 3.8) is 0 Å². The van der Waals surface area contributed by atoms with Gasteiger partial charge in [0.2, 0.25) is 0 Å². The van der Waals surface area contributed by atoms with Crippen molar-refractivity contribution in [2.24, 2.45) is 0 Å². The Hall–Kier alpha value is -2.75. The number of aromatic nitrogens is 1. The Morgan fingerprint density at radius 1 is 1.23 bits per heavy atom. The van der Waals surface area contributed by atoms with Crippen molar-refractivity contribution in [3.8, 4) is 22.9 Å². The summed E-state index contributed by atoms with van der Waals surface area (Å²) in [6, 6.07) is 6.08. The second-order valence-electron chi connectivity index (χ2n) is 4.59. The molecule has 4 nitrogen and oxygen atoms in total. The molecule has 22 heavy (non-hydrogen) atoms. The lowest BCUT2D eigenvalue weighted by Gasteiger charge is -2.14. The predicted molar refractivity (Wildman–Crippen MR) is 73.5 cm³/mol. The van der Waals surface area contributed by atoms with E-state index in [-0.39, 0.29) is 22.4 Å². The topological polar surface area (TPSA) is 65.9 Å². The van der Waals surface area contributed by atoms with Gasteiger partial charge in [-0.15, -0.1) is 0 Å². The number of nitrogens with zero attached hydrogens (tertiary/aromatic N) is 1. The minimum Gasteiger partial charge on any atom is -0.496 e. The van der Waals surface area contributed by atoms with Gasteiger partial charge in [0.25, 0.3) is 5.56 Å². The fraction of sp³-hybridized carbons (Fsp3) is 0.200. The molecule has 0 unspecified atom stereocenters. The molecule has 0 spiro atoms. The van der Waals surface area contributed by atoms with Crippen LogP contribution >= 0.6 is 0 Å². The number of methoxy groups -OCH3 is 1. The monoisotopic (exact) mass is 308 g/mol. The van der Waals surface area contributed by atoms with Crippen LogP contribution in [0.15, 0.2) is 29.1 Å². The standard InChI is InChI=1S/C15H11F3N2O2/c1-8-5-10(12(7-19)14(21)20-8)11-6-9(15(16,17)18)3-4-13(11)22-2/h3-6H,1-2H3,(H,20,21). The Labute approximate surface area is 123 Å². The number of nitriles is 1. The number of alkyl halides is 3. The minimum absolute atomic E-state index is 0.0445. The fourth-order valence-electron chi connectivity index (χ4n) is 2.11. The van der Waals surface area contributed by atoms with Gasteiger partial charge in [0.15, 0.2) is 0 Å². The fourth-order valence-corrected chi connectivity index (χ4v) is 2.11. The molecule has 2 rings (SSSR count). The highest BCUT2D eigenvalue weighted by atomic mass is 19.4. The van der Waals surface area contributed by atoms with Crippen LogP contribution in [0.25, 0.3) is 11.1 Å². The number of aromatic amines is 1. The van der Waals surface area contributed by atoms with Crippen molar-refractivity contribution in [1.82, 2.24) is 4.98 Å². The van der Waals surface area contributed by atoms with Crippen LogP contribution < -0.4 is 10.3 Å². The maximum atomic E-state index is 12.9. The van der Waals surface area contributed by atoms with Gasteiger partial charge in [-0.05, 0) is 31.2 Å². The summed E-state index contributed by atoms with van der Waals surface area (Å²) < 4.78 is 43.7. The van der Waals surface area contributed by atoms with Crippen LogP contribution in [0.2, 0.25) is 0 Å². The third kappa shape index (κ3) is 2.81. The second-order valence-corrected chi connectivity index (χ2v) is 4.59. The summed E-state index contributed by atoms with van der Waals surface area (Å²) >= 11 is 0. The average Bonchev–Trinajstić information content (AvgIpc) is 2.44. The molecule has 0 saturated carbocycles. The van der Waals surface area contributed by atoms with Gasteiger partial charge < -0.3 is 9.72 Å². The minimum atomic E-state index is -4.54. The van der Waals surface area contributed by atoms with Crippen LogP contribution in [0.3, 0.4) is 0 Å². The van der Waals surface area contributed by atoms with E-state index in [2.05, 4.69) is 4.98 Å². The van der Waals surface area contributed by atoms with Crippen molar-refractivity contribution in [2.45, 2.75) is 13.1 Å². The zero-order valence-corrected chi connectivity index (χ0v) is 11.7. The average molecular weight is 308 g/mol. The van der Waals surface area contributed by atoms with Gasteiger partial charge in [0.05, 0.1) is 12.7 Å². The van der Waals surface area contributed by atoms with E-state index in [9.17, 15) is 18.0 Å². The maximum absolute atomic E-state index is 12.9. The first-order chi connectivity index (χ1) is 10.3. The second kappa shape index (κ2) is 5.56. The molecule has 1 N–H and O–H groups in total. The molecular weight excluding hydrogens is 297 g/mol. The number of nitrogens with one attached hydrogen (secondary N) is 1. The summed E-state index contributed by atoms with van der Waals surface area (Å²) in [7, 11) is 1.30. The van der Waals surface area contributed by atoms with E-state index >= 15 is 0 Å². The molecule has 7 heteroatoms. The Morgan fingerprint density at radius 2 is 1.91 bits per heavy atom. The van der Waals surface area contributed by atoms with Crippen LogP contribution in [0, 0.1) is 18.3 Å². The predicted octanol–water partition coefficient (Wildman–Crippen LogP) is 3.25. The number of rotatable bonds is 2. The Morgan fingerprint density at radius 3 is 2.45 bits per heavy atom. The molecule has 1 heterocycles. The van der Waals surface area contributed by atoms with E-state index in [0.717, 1.165) is 18.2 Å². The lowest BCUT2D eigenvalue weighted by Crippen LogP contribution is -2.13. The lowest BCUT2D eigenvalue weighted by molar-refractivity contribution is -0.137. The number of hydrogen-bond acceptors (Lipinski definition) is 3. The van der Waals surface area contributed by atoms with Crippen molar-refractivity contribution < 1.29 is 17.9 Å². The zero-order chi connectivity index (χ0) is 16.5. The van der Waals surface area contributed by atoms with E-state index in [1.54, 1.807) is 13.0 Å². The molecule has 114 valence electrons. The number of benzene rings is 1. The van der Waals surface area contributed by atoms with E-state index < -0.39 is 17.3 Å². The number of aryl methyl sites for hydroxylation is 1. The third-order valence-corrected chi connectivity index (χ3v) is 3.10. The first-order valence-corrected chi connectivity index (χ1v) is 6.17. The number of halogens is 3. The summed E-state index contributed by atoms with van der Waals surface area (Å²) in [5, 5.41) is 9.11. The van der Waals surface area contributed by atoms with Crippen molar-refractivity contribution in [3.05, 3.63) is 51.4 Å². The van der Waals surface area contributed by atoms with Crippen LogP contribution in [0.1, 0.15) is 16.8 Å². The van der Waals surface area contributed by atoms with E-state index in [1.165, 1.54) is 13.2 Å². The smallest absolute Gasteiger partial charge is 0.416 e. The third-order valence-electron chi connectivity index (χ3n) is 3.10. The van der Waals surface area contributed by atoms with Gasteiger partial charge in [-0.1, -0.05) is 0 Å². The molecule has 0 radical (unpaired) electrons. The maximum Gasteiger partial charge on any atom is 0.416 e. The van der Waals surface area contributed by atoms with Crippen LogP contribution in [0.4, 0.5) is 13.2 Å². The molecule has 0 aliphatic carbocycles. The van der Waals surface area contributed by atoms with Gasteiger partial charge in [-0.25, -0.2) is 0 Å². The largest absolute Gasteiger partial charge is 0.496 e. The highest BCUT2D eigenvalue weighted by Crippen LogP contribution is 2.37. The molecule has 2 aromatic rings. The van der Waals surface area contributed by atoms with Crippen molar-refractivity contribution in [2.75, 3.05) is 7.11 Å². The number of pyridine rings is 1. The van der Waals surface area contributed by atoms with E-state index in [1.807, 2.05) is 0 Å². The molecule has 0 saturated heterocycles. The molecule has 0 aliphatic rings. The van der Waals surface area contributed by atoms with Crippen LogP contribution in [0.5, 0.6) is 5.75 Å². The summed E-state index contributed by atoms with van der Waals surface area (Å²) in [4.78, 5) is 14.2. The Balaban J connectivity index is 2.82. The highest BCUT2D eigenvalue weighted by molar-refractivity contribution is 5.76. The molecular formula is C15H11F3N2O2. The van der Waals surface area contributed by atoms with Gasteiger partial charge >= 0.3 is 6.18 Å². The summed E-state index contributed by atoms with van der Waals surface area (Å²) in [5.74, 6) is 0.148. The molecule has 0 aliphatic heterocycles. The molecule has 0 amide bonds. The quantitative estimate of drug-likeness (QED) is 0.926. The molecule has 1 aromatic carbocycles. The van der Waals surface area contributed by atoms with Crippen molar-refractivity contribution >= 4 is 0 Å². The highest BCUT2D eigenvalue weighted by Gasteiger charge is 2.31. The van der Waals surface area contributed by atoms with Crippen molar-refractivity contribution in [1.29, 1.82) is 5.26 Å². The van der Waals surface area contributed by atoms with Crippen LogP contribution in [-0.4, -0.2) is 12.1 Å². The number of hydrogen-bond donors (Lipinski definition) is 1. The Kier molecular flexibility index (Phi) is 3.95. The summed E-state index contributed by atoms with van der Waals surface area (Å²) in [6.07, 6.45) is -4.54. The van der Waals surface area contributed by atoms with E-state index in [4.69, 9.17) is 10.00 Å². The molecule has 1 aromatic heterocycles. The first-order valence-electron chi connectivity index (χ1n) is 6.17. The van der Waals surface area contributed by atoms with Gasteiger partial charge in [0.1, 0.15) is 17.4 Å². The first kappa shape index (κ1) is 15.6. The molecule has 0 bridgehead atoms.